The van der Waals surface area contributed by atoms with Crippen LogP contribution < -0.4 is 0 Å². The van der Waals surface area contributed by atoms with Crippen LogP contribution in [0.15, 0.2) is 66.3 Å². The zero-order valence-electron chi connectivity index (χ0n) is 13.9. The van der Waals surface area contributed by atoms with Crippen LogP contribution in [0.5, 0.6) is 0 Å². The zero-order chi connectivity index (χ0) is 15.7. The van der Waals surface area contributed by atoms with Crippen molar-refractivity contribution >= 4 is 5.57 Å². The highest BCUT2D eigenvalue weighted by Gasteiger charge is 2.27. The number of rotatable bonds is 2. The van der Waals surface area contributed by atoms with E-state index in [0.29, 0.717) is 11.8 Å². The van der Waals surface area contributed by atoms with E-state index in [1.165, 1.54) is 33.4 Å². The molecule has 0 saturated heterocycles. The van der Waals surface area contributed by atoms with Gasteiger partial charge in [0.2, 0.25) is 0 Å². The van der Waals surface area contributed by atoms with E-state index in [-0.39, 0.29) is 0 Å². The van der Waals surface area contributed by atoms with Crippen molar-refractivity contribution < 1.29 is 0 Å². The third-order valence-electron chi connectivity index (χ3n) is 4.96. The summed E-state index contributed by atoms with van der Waals surface area (Å²) < 4.78 is 0. The summed E-state index contributed by atoms with van der Waals surface area (Å²) in [6, 6.07) is 17.5. The molecule has 0 aromatic heterocycles. The Morgan fingerprint density at radius 2 is 1.41 bits per heavy atom. The summed E-state index contributed by atoms with van der Waals surface area (Å²) in [5.74, 6) is 0.951. The standard InChI is InChI=1S/C22H24/c1-15-9-5-7-11-19(15)21-14-13-17(3)22(18(21)4)20-12-8-6-10-16(20)2/h5-14,18,21H,1-4H3. The Hall–Kier alpha value is -2.08. The molecule has 0 heterocycles. The molecule has 0 saturated carbocycles. The maximum absolute atomic E-state index is 2.38. The lowest BCUT2D eigenvalue weighted by Gasteiger charge is -2.31. The molecule has 2 unspecified atom stereocenters. The van der Waals surface area contributed by atoms with E-state index in [2.05, 4.69) is 88.4 Å². The second kappa shape index (κ2) is 5.96. The first-order valence-electron chi connectivity index (χ1n) is 8.10. The Balaban J connectivity index is 2.07. The van der Waals surface area contributed by atoms with E-state index >= 15 is 0 Å². The summed E-state index contributed by atoms with van der Waals surface area (Å²) in [4.78, 5) is 0. The molecule has 0 amide bonds. The van der Waals surface area contributed by atoms with E-state index in [1.807, 2.05) is 0 Å². The van der Waals surface area contributed by atoms with Gasteiger partial charge in [-0.25, -0.2) is 0 Å². The third kappa shape index (κ3) is 2.54. The number of hydrogen-bond acceptors (Lipinski definition) is 0. The van der Waals surface area contributed by atoms with E-state index in [1.54, 1.807) is 0 Å². The maximum atomic E-state index is 2.38. The summed E-state index contributed by atoms with van der Waals surface area (Å²) in [5.41, 5.74) is 8.48. The summed E-state index contributed by atoms with van der Waals surface area (Å²) >= 11 is 0. The van der Waals surface area contributed by atoms with Crippen LogP contribution in [0.2, 0.25) is 0 Å². The van der Waals surface area contributed by atoms with Crippen molar-refractivity contribution in [3.05, 3.63) is 88.5 Å². The molecule has 0 radical (unpaired) electrons. The molecule has 2 atom stereocenters. The molecule has 22 heavy (non-hydrogen) atoms. The van der Waals surface area contributed by atoms with Gasteiger partial charge in [-0.05, 0) is 60.1 Å². The summed E-state index contributed by atoms with van der Waals surface area (Å²) in [7, 11) is 0. The van der Waals surface area contributed by atoms with Crippen molar-refractivity contribution in [1.29, 1.82) is 0 Å². The fourth-order valence-electron chi connectivity index (χ4n) is 3.71. The van der Waals surface area contributed by atoms with Crippen LogP contribution in [0.4, 0.5) is 0 Å². The Bertz CT molecular complexity index is 746. The minimum atomic E-state index is 0.458. The molecule has 1 aliphatic carbocycles. The second-order valence-corrected chi connectivity index (χ2v) is 6.44. The van der Waals surface area contributed by atoms with Crippen molar-refractivity contribution in [2.45, 2.75) is 33.6 Å². The Kier molecular flexibility index (Phi) is 4.02. The van der Waals surface area contributed by atoms with Crippen molar-refractivity contribution in [2.24, 2.45) is 5.92 Å². The zero-order valence-corrected chi connectivity index (χ0v) is 13.9. The first kappa shape index (κ1) is 14.8. The predicted octanol–water partition coefficient (Wildman–Crippen LogP) is 6.07. The van der Waals surface area contributed by atoms with Crippen LogP contribution in [-0.4, -0.2) is 0 Å². The summed E-state index contributed by atoms with van der Waals surface area (Å²) in [6.45, 7) is 9.03. The highest BCUT2D eigenvalue weighted by atomic mass is 14.3. The van der Waals surface area contributed by atoms with E-state index < -0.39 is 0 Å². The van der Waals surface area contributed by atoms with E-state index in [4.69, 9.17) is 0 Å². The van der Waals surface area contributed by atoms with Gasteiger partial charge < -0.3 is 0 Å². The number of benzene rings is 2. The van der Waals surface area contributed by atoms with Crippen molar-refractivity contribution in [3.8, 4) is 0 Å². The largest absolute Gasteiger partial charge is 0.0761 e. The number of allylic oxidation sites excluding steroid dienone is 4. The van der Waals surface area contributed by atoms with Crippen molar-refractivity contribution in [3.63, 3.8) is 0 Å². The minimum Gasteiger partial charge on any atom is -0.0761 e. The van der Waals surface area contributed by atoms with Gasteiger partial charge >= 0.3 is 0 Å². The molecule has 112 valence electrons. The summed E-state index contributed by atoms with van der Waals surface area (Å²) in [6.07, 6.45) is 4.68. The molecule has 0 nitrogen and oxygen atoms in total. The molecule has 1 aliphatic rings. The van der Waals surface area contributed by atoms with E-state index in [9.17, 15) is 0 Å². The molecule has 0 fully saturated rings. The first-order chi connectivity index (χ1) is 10.6. The highest BCUT2D eigenvalue weighted by Crippen LogP contribution is 2.43. The molecule has 0 N–H and O–H groups in total. The van der Waals surface area contributed by atoms with Gasteiger partial charge in [-0.1, -0.05) is 67.6 Å². The highest BCUT2D eigenvalue weighted by molar-refractivity contribution is 5.76. The van der Waals surface area contributed by atoms with E-state index in [0.717, 1.165) is 0 Å². The van der Waals surface area contributed by atoms with Crippen LogP contribution in [0.1, 0.15) is 42.0 Å². The lowest BCUT2D eigenvalue weighted by Crippen LogP contribution is -2.15. The topological polar surface area (TPSA) is 0 Å². The smallest absolute Gasteiger partial charge is 0.00902 e. The second-order valence-electron chi connectivity index (χ2n) is 6.44. The van der Waals surface area contributed by atoms with Gasteiger partial charge in [-0.3, -0.25) is 0 Å². The minimum absolute atomic E-state index is 0.458. The number of hydrogen-bond donors (Lipinski definition) is 0. The maximum Gasteiger partial charge on any atom is 0.00902 e. The van der Waals surface area contributed by atoms with Gasteiger partial charge in [0, 0.05) is 5.92 Å². The molecule has 0 spiro atoms. The van der Waals surface area contributed by atoms with Gasteiger partial charge in [-0.2, -0.15) is 0 Å². The molecular weight excluding hydrogens is 264 g/mol. The molecule has 0 bridgehead atoms. The van der Waals surface area contributed by atoms with Gasteiger partial charge in [0.1, 0.15) is 0 Å². The first-order valence-corrected chi connectivity index (χ1v) is 8.10. The van der Waals surface area contributed by atoms with Crippen molar-refractivity contribution in [2.75, 3.05) is 0 Å². The average molecular weight is 288 g/mol. The average Bonchev–Trinajstić information content (AvgIpc) is 2.50. The van der Waals surface area contributed by atoms with Crippen LogP contribution in [-0.2, 0) is 0 Å². The molecule has 0 heteroatoms. The normalized spacial score (nSPS) is 21.3. The molecule has 0 aliphatic heterocycles. The monoisotopic (exact) mass is 288 g/mol. The van der Waals surface area contributed by atoms with Gasteiger partial charge in [0.15, 0.2) is 0 Å². The quantitative estimate of drug-likeness (QED) is 0.629. The fourth-order valence-corrected chi connectivity index (χ4v) is 3.71. The van der Waals surface area contributed by atoms with Crippen LogP contribution in [0, 0.1) is 19.8 Å². The van der Waals surface area contributed by atoms with Gasteiger partial charge in [0.05, 0.1) is 0 Å². The lowest BCUT2D eigenvalue weighted by molar-refractivity contribution is 0.645. The Morgan fingerprint density at radius 3 is 2.09 bits per heavy atom. The predicted molar refractivity (Wildman–Crippen MR) is 96.0 cm³/mol. The lowest BCUT2D eigenvalue weighted by atomic mass is 9.73. The van der Waals surface area contributed by atoms with Crippen molar-refractivity contribution in [1.82, 2.24) is 0 Å². The Labute approximate surface area is 134 Å². The number of aryl methyl sites for hydroxylation is 2. The van der Waals surface area contributed by atoms with Gasteiger partial charge in [0.25, 0.3) is 0 Å². The fraction of sp³-hybridized carbons (Fsp3) is 0.273. The Morgan fingerprint density at radius 1 is 0.773 bits per heavy atom. The SMILES string of the molecule is CC1=C(c2ccccc2C)C(C)C(c2ccccc2C)C=C1. The van der Waals surface area contributed by atoms with Gasteiger partial charge in [-0.15, -0.1) is 0 Å². The third-order valence-corrected chi connectivity index (χ3v) is 4.96. The van der Waals surface area contributed by atoms with Crippen LogP contribution >= 0.6 is 0 Å². The molecular formula is C22H24. The molecule has 2 aromatic carbocycles. The molecule has 3 rings (SSSR count). The molecule has 2 aromatic rings. The summed E-state index contributed by atoms with van der Waals surface area (Å²) in [5, 5.41) is 0. The van der Waals surface area contributed by atoms with Crippen LogP contribution in [0.3, 0.4) is 0 Å². The van der Waals surface area contributed by atoms with Crippen LogP contribution in [0.25, 0.3) is 5.57 Å².